The van der Waals surface area contributed by atoms with Gasteiger partial charge in [-0.1, -0.05) is 13.3 Å². The maximum atomic E-state index is 13.0. The predicted octanol–water partition coefficient (Wildman–Crippen LogP) is 4.13. The number of nitrogens with one attached hydrogen (secondary N) is 1. The standard InChI is InChI=1S/C23H23FN2O5/c1-2-3-12-29-20-10-6-16(7-11-20)22(28)25-13-21(27)30-14-19-15-31-23(26-19)17-4-8-18(24)9-5-17/h4-11,15H,2-3,12-14H2,1H3,(H,25,28). The van der Waals surface area contributed by atoms with Crippen LogP contribution in [-0.4, -0.2) is 30.0 Å². The molecule has 7 nitrogen and oxygen atoms in total. The van der Waals surface area contributed by atoms with Crippen molar-refractivity contribution in [2.75, 3.05) is 13.2 Å². The zero-order valence-corrected chi connectivity index (χ0v) is 17.1. The summed E-state index contributed by atoms with van der Waals surface area (Å²) in [5, 5.41) is 2.51. The van der Waals surface area contributed by atoms with E-state index in [1.807, 2.05) is 0 Å². The summed E-state index contributed by atoms with van der Waals surface area (Å²) in [5.41, 5.74) is 1.42. The molecule has 162 valence electrons. The van der Waals surface area contributed by atoms with E-state index in [1.54, 1.807) is 24.3 Å². The molecule has 0 radical (unpaired) electrons. The Morgan fingerprint density at radius 1 is 1.10 bits per heavy atom. The molecule has 1 aromatic heterocycles. The third-order valence-corrected chi connectivity index (χ3v) is 4.30. The van der Waals surface area contributed by atoms with Gasteiger partial charge in [0, 0.05) is 11.1 Å². The Morgan fingerprint density at radius 2 is 1.84 bits per heavy atom. The Labute approximate surface area is 179 Å². The maximum absolute atomic E-state index is 13.0. The molecule has 2 aromatic carbocycles. The topological polar surface area (TPSA) is 90.7 Å². The summed E-state index contributed by atoms with van der Waals surface area (Å²) in [4.78, 5) is 28.3. The second kappa shape index (κ2) is 10.9. The first-order valence-corrected chi connectivity index (χ1v) is 9.92. The van der Waals surface area contributed by atoms with Crippen molar-refractivity contribution >= 4 is 11.9 Å². The van der Waals surface area contributed by atoms with Gasteiger partial charge in [0.15, 0.2) is 0 Å². The molecule has 0 aliphatic heterocycles. The summed E-state index contributed by atoms with van der Waals surface area (Å²) in [6.07, 6.45) is 3.36. The lowest BCUT2D eigenvalue weighted by molar-refractivity contribution is -0.143. The fourth-order valence-electron chi connectivity index (χ4n) is 2.60. The Balaban J connectivity index is 1.42. The van der Waals surface area contributed by atoms with Crippen molar-refractivity contribution in [1.29, 1.82) is 0 Å². The van der Waals surface area contributed by atoms with Crippen LogP contribution in [0.2, 0.25) is 0 Å². The monoisotopic (exact) mass is 426 g/mol. The Morgan fingerprint density at radius 3 is 2.55 bits per heavy atom. The number of amides is 1. The highest BCUT2D eigenvalue weighted by Gasteiger charge is 2.12. The van der Waals surface area contributed by atoms with Crippen molar-refractivity contribution in [3.05, 3.63) is 71.9 Å². The highest BCUT2D eigenvalue weighted by atomic mass is 19.1. The molecule has 1 amide bonds. The molecule has 3 rings (SSSR count). The van der Waals surface area contributed by atoms with E-state index in [0.29, 0.717) is 35.1 Å². The molecule has 1 heterocycles. The van der Waals surface area contributed by atoms with E-state index in [0.717, 1.165) is 12.8 Å². The lowest BCUT2D eigenvalue weighted by atomic mass is 10.2. The molecule has 0 atom stereocenters. The zero-order chi connectivity index (χ0) is 22.1. The van der Waals surface area contributed by atoms with Gasteiger partial charge in [0.2, 0.25) is 5.89 Å². The summed E-state index contributed by atoms with van der Waals surface area (Å²) >= 11 is 0. The molecule has 8 heteroatoms. The van der Waals surface area contributed by atoms with Crippen molar-refractivity contribution in [2.45, 2.75) is 26.4 Å². The van der Waals surface area contributed by atoms with Crippen LogP contribution in [0.3, 0.4) is 0 Å². The second-order valence-electron chi connectivity index (χ2n) is 6.72. The van der Waals surface area contributed by atoms with E-state index < -0.39 is 11.9 Å². The molecular weight excluding hydrogens is 403 g/mol. The summed E-state index contributed by atoms with van der Waals surface area (Å²) in [5.74, 6) is -0.377. The van der Waals surface area contributed by atoms with Gasteiger partial charge in [0.1, 0.15) is 36.7 Å². The number of esters is 1. The van der Waals surface area contributed by atoms with E-state index >= 15 is 0 Å². The number of rotatable bonds is 10. The summed E-state index contributed by atoms with van der Waals surface area (Å²) in [6.45, 7) is 2.32. The number of nitrogens with zero attached hydrogens (tertiary/aromatic N) is 1. The number of hydrogen-bond donors (Lipinski definition) is 1. The number of benzene rings is 2. The Hall–Kier alpha value is -3.68. The van der Waals surface area contributed by atoms with Crippen LogP contribution in [0.25, 0.3) is 11.5 Å². The zero-order valence-electron chi connectivity index (χ0n) is 17.1. The summed E-state index contributed by atoms with van der Waals surface area (Å²) in [6, 6.07) is 12.4. The number of carbonyl (C=O) groups excluding carboxylic acids is 2. The van der Waals surface area contributed by atoms with Crippen LogP contribution in [0.4, 0.5) is 4.39 Å². The molecular formula is C23H23FN2O5. The third kappa shape index (κ3) is 6.67. The van der Waals surface area contributed by atoms with Gasteiger partial charge in [-0.25, -0.2) is 9.37 Å². The van der Waals surface area contributed by atoms with Crippen molar-refractivity contribution < 1.29 is 27.9 Å². The van der Waals surface area contributed by atoms with Gasteiger partial charge in [-0.15, -0.1) is 0 Å². The molecule has 0 aliphatic rings. The fourth-order valence-corrected chi connectivity index (χ4v) is 2.60. The van der Waals surface area contributed by atoms with E-state index in [4.69, 9.17) is 13.9 Å². The van der Waals surface area contributed by atoms with Gasteiger partial charge in [-0.2, -0.15) is 0 Å². The fraction of sp³-hybridized carbons (Fsp3) is 0.261. The first-order valence-electron chi connectivity index (χ1n) is 9.92. The van der Waals surface area contributed by atoms with E-state index in [1.165, 1.54) is 30.5 Å². The first-order chi connectivity index (χ1) is 15.0. The van der Waals surface area contributed by atoms with Gasteiger partial charge in [-0.05, 0) is 55.0 Å². The van der Waals surface area contributed by atoms with Gasteiger partial charge >= 0.3 is 5.97 Å². The van der Waals surface area contributed by atoms with Crippen molar-refractivity contribution in [3.8, 4) is 17.2 Å². The molecule has 31 heavy (non-hydrogen) atoms. The Kier molecular flexibility index (Phi) is 7.75. The first kappa shape index (κ1) is 22.0. The summed E-state index contributed by atoms with van der Waals surface area (Å²) < 4.78 is 29.0. The van der Waals surface area contributed by atoms with Crippen LogP contribution in [0.5, 0.6) is 5.75 Å². The van der Waals surface area contributed by atoms with Crippen LogP contribution in [0.1, 0.15) is 35.8 Å². The molecule has 1 N–H and O–H groups in total. The highest BCUT2D eigenvalue weighted by Crippen LogP contribution is 2.19. The quantitative estimate of drug-likeness (QED) is 0.387. The van der Waals surface area contributed by atoms with Gasteiger partial charge in [0.05, 0.1) is 6.61 Å². The predicted molar refractivity (Wildman–Crippen MR) is 111 cm³/mol. The van der Waals surface area contributed by atoms with Crippen LogP contribution >= 0.6 is 0 Å². The Bertz CT molecular complexity index is 1000. The SMILES string of the molecule is CCCCOc1ccc(C(=O)NCC(=O)OCc2coc(-c3ccc(F)cc3)n2)cc1. The number of aromatic nitrogens is 1. The number of carbonyl (C=O) groups is 2. The van der Waals surface area contributed by atoms with Gasteiger partial charge < -0.3 is 19.2 Å². The molecule has 0 spiro atoms. The minimum atomic E-state index is -0.612. The smallest absolute Gasteiger partial charge is 0.325 e. The van der Waals surface area contributed by atoms with Crippen molar-refractivity contribution in [1.82, 2.24) is 10.3 Å². The average molecular weight is 426 g/mol. The minimum absolute atomic E-state index is 0.108. The molecule has 0 saturated heterocycles. The normalized spacial score (nSPS) is 10.5. The largest absolute Gasteiger partial charge is 0.494 e. The number of oxazole rings is 1. The van der Waals surface area contributed by atoms with E-state index in [9.17, 15) is 14.0 Å². The second-order valence-corrected chi connectivity index (χ2v) is 6.72. The van der Waals surface area contributed by atoms with Crippen LogP contribution < -0.4 is 10.1 Å². The lowest BCUT2D eigenvalue weighted by Crippen LogP contribution is -2.30. The molecule has 3 aromatic rings. The van der Waals surface area contributed by atoms with Crippen LogP contribution in [0.15, 0.2) is 59.2 Å². The minimum Gasteiger partial charge on any atom is -0.494 e. The molecule has 0 aliphatic carbocycles. The number of halogens is 1. The lowest BCUT2D eigenvalue weighted by Gasteiger charge is -2.07. The van der Waals surface area contributed by atoms with Gasteiger partial charge in [-0.3, -0.25) is 9.59 Å². The maximum Gasteiger partial charge on any atom is 0.325 e. The third-order valence-electron chi connectivity index (χ3n) is 4.30. The van der Waals surface area contributed by atoms with Crippen molar-refractivity contribution in [3.63, 3.8) is 0 Å². The number of hydrogen-bond acceptors (Lipinski definition) is 6. The molecule has 0 unspecified atom stereocenters. The summed E-state index contributed by atoms with van der Waals surface area (Å²) in [7, 11) is 0. The van der Waals surface area contributed by atoms with Crippen molar-refractivity contribution in [2.24, 2.45) is 0 Å². The number of unbranched alkanes of at least 4 members (excludes halogenated alkanes) is 1. The molecule has 0 bridgehead atoms. The van der Waals surface area contributed by atoms with E-state index in [2.05, 4.69) is 17.2 Å². The van der Waals surface area contributed by atoms with Crippen LogP contribution in [0, 0.1) is 5.82 Å². The average Bonchev–Trinajstić information content (AvgIpc) is 3.26. The van der Waals surface area contributed by atoms with Crippen LogP contribution in [-0.2, 0) is 16.1 Å². The molecule has 0 saturated carbocycles. The molecule has 0 fully saturated rings. The number of ether oxygens (including phenoxy) is 2. The highest BCUT2D eigenvalue weighted by molar-refractivity contribution is 5.96. The van der Waals surface area contributed by atoms with E-state index in [-0.39, 0.29) is 19.0 Å². The van der Waals surface area contributed by atoms with Gasteiger partial charge in [0.25, 0.3) is 5.91 Å².